The minimum Gasteiger partial charge on any atom is -0.382 e. The fourth-order valence-electron chi connectivity index (χ4n) is 2.29. The maximum Gasteiger partial charge on any atom is 0.212 e. The fraction of sp³-hybridized carbons (Fsp3) is 0.0588. The SMILES string of the molecule is CS(=O)(=O)c1ccc(Nc2nc(N)c(C(=O)c3c(F)cccc3F)s2)cc1. The van der Waals surface area contributed by atoms with Crippen LogP contribution in [0.3, 0.4) is 0 Å². The summed E-state index contributed by atoms with van der Waals surface area (Å²) in [6.45, 7) is 0. The Morgan fingerprint density at radius 3 is 2.26 bits per heavy atom. The van der Waals surface area contributed by atoms with Gasteiger partial charge in [0.15, 0.2) is 15.0 Å². The van der Waals surface area contributed by atoms with E-state index in [0.29, 0.717) is 5.69 Å². The lowest BCUT2D eigenvalue weighted by Crippen LogP contribution is -2.07. The normalized spacial score (nSPS) is 11.4. The van der Waals surface area contributed by atoms with E-state index < -0.39 is 32.8 Å². The van der Waals surface area contributed by atoms with E-state index >= 15 is 0 Å². The molecule has 0 aliphatic heterocycles. The third-order valence-electron chi connectivity index (χ3n) is 3.58. The summed E-state index contributed by atoms with van der Waals surface area (Å²) in [6, 6.07) is 8.99. The van der Waals surface area contributed by atoms with Crippen molar-refractivity contribution in [3.05, 3.63) is 64.5 Å². The Kier molecular flexibility index (Phi) is 4.94. The zero-order valence-corrected chi connectivity index (χ0v) is 15.5. The average molecular weight is 409 g/mol. The summed E-state index contributed by atoms with van der Waals surface area (Å²) in [5.74, 6) is -3.04. The Hall–Kier alpha value is -2.85. The van der Waals surface area contributed by atoms with Gasteiger partial charge in [-0.2, -0.15) is 0 Å². The maximum absolute atomic E-state index is 13.8. The first-order chi connectivity index (χ1) is 12.7. The Morgan fingerprint density at radius 2 is 1.70 bits per heavy atom. The smallest absolute Gasteiger partial charge is 0.212 e. The zero-order chi connectivity index (χ0) is 19.8. The van der Waals surface area contributed by atoms with Gasteiger partial charge in [0.25, 0.3) is 0 Å². The molecule has 3 N–H and O–H groups in total. The molecule has 0 unspecified atom stereocenters. The molecule has 0 saturated carbocycles. The predicted octanol–water partition coefficient (Wildman–Crippen LogP) is 3.38. The first-order valence-corrected chi connectivity index (χ1v) is 10.2. The van der Waals surface area contributed by atoms with Gasteiger partial charge in [-0.15, -0.1) is 0 Å². The molecule has 0 bridgehead atoms. The number of nitrogens with two attached hydrogens (primary N) is 1. The molecule has 0 fully saturated rings. The topological polar surface area (TPSA) is 102 Å². The molecule has 3 aromatic rings. The van der Waals surface area contributed by atoms with Crippen molar-refractivity contribution in [1.29, 1.82) is 0 Å². The largest absolute Gasteiger partial charge is 0.382 e. The summed E-state index contributed by atoms with van der Waals surface area (Å²) in [6.07, 6.45) is 1.09. The van der Waals surface area contributed by atoms with Crippen molar-refractivity contribution < 1.29 is 22.0 Å². The van der Waals surface area contributed by atoms with Gasteiger partial charge in [0.1, 0.15) is 22.3 Å². The highest BCUT2D eigenvalue weighted by atomic mass is 32.2. The molecule has 3 rings (SSSR count). The van der Waals surface area contributed by atoms with Crippen LogP contribution in [-0.2, 0) is 9.84 Å². The number of anilines is 3. The van der Waals surface area contributed by atoms with Gasteiger partial charge < -0.3 is 11.1 Å². The van der Waals surface area contributed by atoms with E-state index in [-0.39, 0.29) is 20.7 Å². The zero-order valence-electron chi connectivity index (χ0n) is 13.9. The van der Waals surface area contributed by atoms with Crippen molar-refractivity contribution in [2.75, 3.05) is 17.3 Å². The van der Waals surface area contributed by atoms with Crippen molar-refractivity contribution >= 4 is 43.6 Å². The highest BCUT2D eigenvalue weighted by molar-refractivity contribution is 7.90. The lowest BCUT2D eigenvalue weighted by atomic mass is 10.1. The molecule has 27 heavy (non-hydrogen) atoms. The lowest BCUT2D eigenvalue weighted by molar-refractivity contribution is 0.103. The maximum atomic E-state index is 13.8. The number of carbonyl (C=O) groups excluding carboxylic acids is 1. The number of halogens is 2. The Bertz CT molecular complexity index is 1110. The number of thiazole rings is 1. The van der Waals surface area contributed by atoms with Crippen molar-refractivity contribution in [2.45, 2.75) is 4.90 Å². The predicted molar refractivity (Wildman–Crippen MR) is 99.2 cm³/mol. The molecule has 10 heteroatoms. The number of carbonyl (C=O) groups is 1. The number of hydrogen-bond donors (Lipinski definition) is 2. The second-order valence-corrected chi connectivity index (χ2v) is 8.60. The number of nitrogens with one attached hydrogen (secondary N) is 1. The number of aromatic nitrogens is 1. The number of rotatable bonds is 5. The van der Waals surface area contributed by atoms with Gasteiger partial charge >= 0.3 is 0 Å². The number of hydrogen-bond acceptors (Lipinski definition) is 7. The van der Waals surface area contributed by atoms with E-state index in [0.717, 1.165) is 35.8 Å². The van der Waals surface area contributed by atoms with E-state index in [9.17, 15) is 22.0 Å². The van der Waals surface area contributed by atoms with Gasteiger partial charge in [-0.1, -0.05) is 17.4 Å². The molecule has 0 spiro atoms. The molecule has 0 amide bonds. The molecule has 0 radical (unpaired) electrons. The fourth-order valence-corrected chi connectivity index (χ4v) is 3.77. The molecule has 0 atom stereocenters. The van der Waals surface area contributed by atoms with Gasteiger partial charge in [0.2, 0.25) is 5.78 Å². The molecule has 0 aliphatic carbocycles. The van der Waals surface area contributed by atoms with Crippen LogP contribution in [0, 0.1) is 11.6 Å². The van der Waals surface area contributed by atoms with Crippen molar-refractivity contribution in [3.63, 3.8) is 0 Å². The van der Waals surface area contributed by atoms with Crippen LogP contribution in [0.15, 0.2) is 47.4 Å². The van der Waals surface area contributed by atoms with E-state index in [1.54, 1.807) is 0 Å². The summed E-state index contributed by atoms with van der Waals surface area (Å²) >= 11 is 0.836. The Labute approximate surface area is 157 Å². The molecule has 0 saturated heterocycles. The van der Waals surface area contributed by atoms with Gasteiger partial charge in [-0.05, 0) is 36.4 Å². The van der Waals surface area contributed by atoms with Gasteiger partial charge in [-0.25, -0.2) is 22.2 Å². The van der Waals surface area contributed by atoms with Crippen LogP contribution in [0.5, 0.6) is 0 Å². The van der Waals surface area contributed by atoms with E-state index in [4.69, 9.17) is 5.73 Å². The van der Waals surface area contributed by atoms with Crippen LogP contribution in [0.1, 0.15) is 15.2 Å². The van der Waals surface area contributed by atoms with E-state index in [1.807, 2.05) is 0 Å². The quantitative estimate of drug-likeness (QED) is 0.627. The van der Waals surface area contributed by atoms with E-state index in [1.165, 1.54) is 24.3 Å². The first-order valence-electron chi connectivity index (χ1n) is 7.49. The van der Waals surface area contributed by atoms with Gasteiger partial charge in [-0.3, -0.25) is 4.79 Å². The summed E-state index contributed by atoms with van der Waals surface area (Å²) in [5, 5.41) is 3.09. The van der Waals surface area contributed by atoms with Crippen LogP contribution in [0.25, 0.3) is 0 Å². The second kappa shape index (κ2) is 7.05. The van der Waals surface area contributed by atoms with E-state index in [2.05, 4.69) is 10.3 Å². The number of sulfone groups is 1. The minimum absolute atomic E-state index is 0.103. The standard InChI is InChI=1S/C17H13F2N3O3S2/c1-27(24,25)10-7-5-9(6-8-10)21-17-22-16(20)15(26-17)14(23)13-11(18)3-2-4-12(13)19/h2-8H,20H2,1H3,(H,21,22). The monoisotopic (exact) mass is 409 g/mol. The van der Waals surface area contributed by atoms with Crippen LogP contribution in [0.2, 0.25) is 0 Å². The molecular weight excluding hydrogens is 396 g/mol. The molecule has 6 nitrogen and oxygen atoms in total. The van der Waals surface area contributed by atoms with Crippen LogP contribution in [0.4, 0.5) is 25.4 Å². The first kappa shape index (κ1) is 18.9. The van der Waals surface area contributed by atoms with Crippen LogP contribution >= 0.6 is 11.3 Å². The number of benzene rings is 2. The number of nitrogen functional groups attached to an aromatic ring is 1. The second-order valence-electron chi connectivity index (χ2n) is 5.58. The Balaban J connectivity index is 1.88. The highest BCUT2D eigenvalue weighted by Gasteiger charge is 2.24. The molecule has 2 aromatic carbocycles. The van der Waals surface area contributed by atoms with Crippen molar-refractivity contribution in [1.82, 2.24) is 4.98 Å². The summed E-state index contributed by atoms with van der Waals surface area (Å²) in [4.78, 5) is 16.5. The molecule has 1 heterocycles. The van der Waals surface area contributed by atoms with Crippen molar-refractivity contribution in [3.8, 4) is 0 Å². The third kappa shape index (κ3) is 3.96. The molecular formula is C17H13F2N3O3S2. The molecule has 1 aromatic heterocycles. The third-order valence-corrected chi connectivity index (χ3v) is 5.70. The molecule has 140 valence electrons. The van der Waals surface area contributed by atoms with Crippen LogP contribution < -0.4 is 11.1 Å². The Morgan fingerprint density at radius 1 is 1.11 bits per heavy atom. The number of ketones is 1. The van der Waals surface area contributed by atoms with Crippen LogP contribution in [-0.4, -0.2) is 25.4 Å². The summed E-state index contributed by atoms with van der Waals surface area (Å²) < 4.78 is 50.6. The van der Waals surface area contributed by atoms with Gasteiger partial charge in [0.05, 0.1) is 10.5 Å². The summed E-state index contributed by atoms with van der Waals surface area (Å²) in [5.41, 5.74) is 5.54. The number of nitrogens with zero attached hydrogens (tertiary/aromatic N) is 1. The summed E-state index contributed by atoms with van der Waals surface area (Å²) in [7, 11) is -3.32. The minimum atomic E-state index is -3.32. The lowest BCUT2D eigenvalue weighted by Gasteiger charge is -2.03. The van der Waals surface area contributed by atoms with Gasteiger partial charge in [0, 0.05) is 11.9 Å². The van der Waals surface area contributed by atoms with Crippen molar-refractivity contribution in [2.24, 2.45) is 0 Å². The highest BCUT2D eigenvalue weighted by Crippen LogP contribution is 2.31. The average Bonchev–Trinajstić information content (AvgIpc) is 2.94. The molecule has 0 aliphatic rings.